The SMILES string of the molecule is Cc1ccc(C)n1-c1ccc(C(=O)N2CCC(CO)C(NC(=O)C3CC3)C2)cc1. The molecule has 2 atom stereocenters. The summed E-state index contributed by atoms with van der Waals surface area (Å²) in [6, 6.07) is 11.7. The van der Waals surface area contributed by atoms with Gasteiger partial charge in [0.2, 0.25) is 5.91 Å². The maximum atomic E-state index is 13.0. The molecule has 1 aliphatic carbocycles. The zero-order chi connectivity index (χ0) is 20.5. The van der Waals surface area contributed by atoms with Gasteiger partial charge in [-0.3, -0.25) is 9.59 Å². The van der Waals surface area contributed by atoms with Gasteiger partial charge in [0.05, 0.1) is 6.04 Å². The number of nitrogens with zero attached hydrogens (tertiary/aromatic N) is 2. The number of aromatic nitrogens is 1. The van der Waals surface area contributed by atoms with E-state index in [0.717, 1.165) is 29.9 Å². The van der Waals surface area contributed by atoms with Crippen LogP contribution in [0.25, 0.3) is 5.69 Å². The summed E-state index contributed by atoms with van der Waals surface area (Å²) in [4.78, 5) is 27.0. The van der Waals surface area contributed by atoms with Crippen LogP contribution in [-0.4, -0.2) is 52.1 Å². The number of hydrogen-bond acceptors (Lipinski definition) is 3. The van der Waals surface area contributed by atoms with Crippen molar-refractivity contribution in [3.05, 3.63) is 53.3 Å². The van der Waals surface area contributed by atoms with E-state index in [0.29, 0.717) is 25.1 Å². The van der Waals surface area contributed by atoms with Crippen molar-refractivity contribution in [2.24, 2.45) is 11.8 Å². The third-order valence-corrected chi connectivity index (χ3v) is 6.20. The number of hydrogen-bond donors (Lipinski definition) is 2. The second-order valence-electron chi connectivity index (χ2n) is 8.37. The van der Waals surface area contributed by atoms with Gasteiger partial charge in [0.15, 0.2) is 0 Å². The van der Waals surface area contributed by atoms with Crippen molar-refractivity contribution in [3.8, 4) is 5.69 Å². The van der Waals surface area contributed by atoms with E-state index in [-0.39, 0.29) is 36.3 Å². The van der Waals surface area contributed by atoms with Crippen LogP contribution >= 0.6 is 0 Å². The molecule has 0 bridgehead atoms. The van der Waals surface area contributed by atoms with E-state index in [1.165, 1.54) is 0 Å². The summed E-state index contributed by atoms with van der Waals surface area (Å²) in [6.07, 6.45) is 2.58. The number of rotatable bonds is 5. The Kier molecular flexibility index (Phi) is 5.46. The third-order valence-electron chi connectivity index (χ3n) is 6.20. The zero-order valence-electron chi connectivity index (χ0n) is 17.1. The van der Waals surface area contributed by atoms with Gasteiger partial charge < -0.3 is 19.9 Å². The number of aliphatic hydroxyl groups is 1. The van der Waals surface area contributed by atoms with E-state index < -0.39 is 0 Å². The standard InChI is InChI=1S/C23H29N3O3/c1-15-3-4-16(2)26(15)20-9-7-18(8-10-20)23(29)25-12-11-19(14-27)21(13-25)24-22(28)17-5-6-17/h3-4,7-10,17,19,21,27H,5-6,11-14H2,1-2H3,(H,24,28). The van der Waals surface area contributed by atoms with E-state index in [1.54, 1.807) is 4.90 Å². The van der Waals surface area contributed by atoms with Crippen molar-refractivity contribution in [1.29, 1.82) is 0 Å². The first-order chi connectivity index (χ1) is 14.0. The number of aliphatic hydroxyl groups excluding tert-OH is 1. The van der Waals surface area contributed by atoms with Crippen LogP contribution in [0.1, 0.15) is 41.0 Å². The van der Waals surface area contributed by atoms with Crippen LogP contribution in [0.5, 0.6) is 0 Å². The maximum Gasteiger partial charge on any atom is 0.253 e. The summed E-state index contributed by atoms with van der Waals surface area (Å²) in [7, 11) is 0. The summed E-state index contributed by atoms with van der Waals surface area (Å²) in [5.41, 5.74) is 3.99. The highest BCUT2D eigenvalue weighted by Gasteiger charge is 2.36. The number of nitrogens with one attached hydrogen (secondary N) is 1. The average molecular weight is 396 g/mol. The Labute approximate surface area is 171 Å². The van der Waals surface area contributed by atoms with E-state index in [4.69, 9.17) is 0 Å². The Hall–Kier alpha value is -2.60. The molecule has 4 rings (SSSR count). The summed E-state index contributed by atoms with van der Waals surface area (Å²) in [6.45, 7) is 5.19. The van der Waals surface area contributed by atoms with Gasteiger partial charge in [0, 0.05) is 54.2 Å². The first-order valence-corrected chi connectivity index (χ1v) is 10.4. The molecule has 2 N–H and O–H groups in total. The van der Waals surface area contributed by atoms with Gasteiger partial charge in [-0.05, 0) is 69.5 Å². The highest BCUT2D eigenvalue weighted by molar-refractivity contribution is 5.94. The van der Waals surface area contributed by atoms with Gasteiger partial charge in [0.25, 0.3) is 5.91 Å². The molecule has 2 aromatic rings. The van der Waals surface area contributed by atoms with Crippen molar-refractivity contribution >= 4 is 11.8 Å². The zero-order valence-corrected chi connectivity index (χ0v) is 17.1. The number of carbonyl (C=O) groups excluding carboxylic acids is 2. The van der Waals surface area contributed by atoms with Crippen LogP contribution in [0.3, 0.4) is 0 Å². The van der Waals surface area contributed by atoms with Gasteiger partial charge in [-0.2, -0.15) is 0 Å². The maximum absolute atomic E-state index is 13.0. The molecule has 1 aromatic heterocycles. The van der Waals surface area contributed by atoms with Gasteiger partial charge in [-0.15, -0.1) is 0 Å². The number of likely N-dealkylation sites (tertiary alicyclic amines) is 1. The van der Waals surface area contributed by atoms with Crippen molar-refractivity contribution in [2.45, 2.75) is 39.2 Å². The van der Waals surface area contributed by atoms with Gasteiger partial charge in [-0.25, -0.2) is 0 Å². The normalized spacial score (nSPS) is 21.8. The van der Waals surface area contributed by atoms with E-state index in [2.05, 4.69) is 35.9 Å². The Balaban J connectivity index is 1.46. The van der Waals surface area contributed by atoms with Gasteiger partial charge in [-0.1, -0.05) is 0 Å². The summed E-state index contributed by atoms with van der Waals surface area (Å²) >= 11 is 0. The summed E-state index contributed by atoms with van der Waals surface area (Å²) in [5, 5.41) is 12.7. The molecule has 6 heteroatoms. The Morgan fingerprint density at radius 1 is 1.03 bits per heavy atom. The fraction of sp³-hybridized carbons (Fsp3) is 0.478. The molecule has 0 spiro atoms. The largest absolute Gasteiger partial charge is 0.396 e. The van der Waals surface area contributed by atoms with Crippen molar-refractivity contribution < 1.29 is 14.7 Å². The van der Waals surface area contributed by atoms with Gasteiger partial charge in [0.1, 0.15) is 0 Å². The molecule has 1 aliphatic heterocycles. The first-order valence-electron chi connectivity index (χ1n) is 10.4. The lowest BCUT2D eigenvalue weighted by Gasteiger charge is -2.38. The van der Waals surface area contributed by atoms with Crippen LogP contribution in [-0.2, 0) is 4.79 Å². The molecule has 0 radical (unpaired) electrons. The molecule has 2 heterocycles. The predicted octanol–water partition coefficient (Wildman–Crippen LogP) is 2.44. The molecule has 6 nitrogen and oxygen atoms in total. The monoisotopic (exact) mass is 395 g/mol. The smallest absolute Gasteiger partial charge is 0.253 e. The number of piperidine rings is 1. The second-order valence-corrected chi connectivity index (χ2v) is 8.37. The molecule has 2 unspecified atom stereocenters. The molecular formula is C23H29N3O3. The van der Waals surface area contributed by atoms with Crippen LogP contribution < -0.4 is 5.32 Å². The fourth-order valence-corrected chi connectivity index (χ4v) is 4.22. The van der Waals surface area contributed by atoms with Crippen LogP contribution in [0.2, 0.25) is 0 Å². The minimum absolute atomic E-state index is 0.00353. The topological polar surface area (TPSA) is 74.6 Å². The van der Waals surface area contributed by atoms with E-state index >= 15 is 0 Å². The average Bonchev–Trinajstić information content (AvgIpc) is 3.53. The lowest BCUT2D eigenvalue weighted by atomic mass is 9.91. The molecule has 29 heavy (non-hydrogen) atoms. The number of aryl methyl sites for hydroxylation is 2. The Morgan fingerprint density at radius 3 is 2.28 bits per heavy atom. The van der Waals surface area contributed by atoms with Crippen molar-refractivity contribution in [1.82, 2.24) is 14.8 Å². The third kappa shape index (κ3) is 4.08. The molecule has 1 aromatic carbocycles. The highest BCUT2D eigenvalue weighted by atomic mass is 16.3. The minimum atomic E-state index is -0.185. The van der Waals surface area contributed by atoms with Crippen molar-refractivity contribution in [3.63, 3.8) is 0 Å². The minimum Gasteiger partial charge on any atom is -0.396 e. The highest BCUT2D eigenvalue weighted by Crippen LogP contribution is 2.30. The van der Waals surface area contributed by atoms with E-state index in [9.17, 15) is 14.7 Å². The molecular weight excluding hydrogens is 366 g/mol. The quantitative estimate of drug-likeness (QED) is 0.817. The predicted molar refractivity (Wildman–Crippen MR) is 111 cm³/mol. The van der Waals surface area contributed by atoms with Gasteiger partial charge >= 0.3 is 0 Å². The van der Waals surface area contributed by atoms with Crippen LogP contribution in [0.15, 0.2) is 36.4 Å². The van der Waals surface area contributed by atoms with Crippen molar-refractivity contribution in [2.75, 3.05) is 19.7 Å². The van der Waals surface area contributed by atoms with Crippen LogP contribution in [0.4, 0.5) is 0 Å². The second kappa shape index (κ2) is 8.03. The fourth-order valence-electron chi connectivity index (χ4n) is 4.22. The number of carbonyl (C=O) groups is 2. The molecule has 2 aliphatic rings. The number of benzene rings is 1. The summed E-state index contributed by atoms with van der Waals surface area (Å²) in [5.74, 6) is 0.154. The van der Waals surface area contributed by atoms with Crippen LogP contribution in [0, 0.1) is 25.7 Å². The molecule has 154 valence electrons. The Bertz CT molecular complexity index is 879. The molecule has 1 saturated carbocycles. The lowest BCUT2D eigenvalue weighted by Crippen LogP contribution is -2.55. The molecule has 2 amide bonds. The lowest BCUT2D eigenvalue weighted by molar-refractivity contribution is -0.123. The molecule has 2 fully saturated rings. The van der Waals surface area contributed by atoms with E-state index in [1.807, 2.05) is 24.3 Å². The molecule has 1 saturated heterocycles. The first kappa shape index (κ1) is 19.7. The summed E-state index contributed by atoms with van der Waals surface area (Å²) < 4.78 is 2.16. The number of amides is 2. The Morgan fingerprint density at radius 2 is 1.69 bits per heavy atom.